The van der Waals surface area contributed by atoms with Crippen molar-refractivity contribution in [3.63, 3.8) is 0 Å². The van der Waals surface area contributed by atoms with Gasteiger partial charge in [-0.3, -0.25) is 0 Å². The Kier molecular flexibility index (Phi) is 6.21. The first kappa shape index (κ1) is 18.3. The fourth-order valence-electron chi connectivity index (χ4n) is 2.40. The van der Waals surface area contributed by atoms with E-state index >= 15 is 0 Å². The van der Waals surface area contributed by atoms with E-state index < -0.39 is 0 Å². The molecule has 0 aromatic heterocycles. The Hall–Kier alpha value is -2.07. The molecule has 2 aromatic rings. The number of ether oxygens (including phenoxy) is 1. The Bertz CT molecular complexity index is 728. The van der Waals surface area contributed by atoms with Crippen LogP contribution in [0, 0.1) is 27.7 Å². The molecular formula is C20H26N2OS. The third kappa shape index (κ3) is 5.24. The third-order valence-corrected chi connectivity index (χ3v) is 4.21. The fourth-order valence-corrected chi connectivity index (χ4v) is 2.71. The Morgan fingerprint density at radius 2 is 1.75 bits per heavy atom. The minimum atomic E-state index is 0.109. The maximum Gasteiger partial charge on any atom is 0.171 e. The quantitative estimate of drug-likeness (QED) is 0.773. The summed E-state index contributed by atoms with van der Waals surface area (Å²) in [5.41, 5.74) is 5.96. The minimum Gasteiger partial charge on any atom is -0.491 e. The van der Waals surface area contributed by atoms with E-state index in [1.807, 2.05) is 6.07 Å². The molecule has 24 heavy (non-hydrogen) atoms. The van der Waals surface area contributed by atoms with Gasteiger partial charge in [-0.1, -0.05) is 23.8 Å². The van der Waals surface area contributed by atoms with Crippen LogP contribution in [0.3, 0.4) is 0 Å². The van der Waals surface area contributed by atoms with Crippen LogP contribution in [-0.2, 0) is 0 Å². The van der Waals surface area contributed by atoms with Gasteiger partial charge in [0.2, 0.25) is 0 Å². The number of benzene rings is 2. The summed E-state index contributed by atoms with van der Waals surface area (Å²) < 4.78 is 5.84. The van der Waals surface area contributed by atoms with Crippen LogP contribution < -0.4 is 15.4 Å². The molecule has 0 heterocycles. The first-order chi connectivity index (χ1) is 11.3. The van der Waals surface area contributed by atoms with E-state index in [0.717, 1.165) is 11.4 Å². The van der Waals surface area contributed by atoms with Crippen molar-refractivity contribution < 1.29 is 4.74 Å². The minimum absolute atomic E-state index is 0.109. The first-order valence-electron chi connectivity index (χ1n) is 8.20. The molecule has 0 bridgehead atoms. The van der Waals surface area contributed by atoms with Crippen molar-refractivity contribution in [1.29, 1.82) is 0 Å². The predicted octanol–water partition coefficient (Wildman–Crippen LogP) is 4.67. The summed E-state index contributed by atoms with van der Waals surface area (Å²) in [5, 5.41) is 7.12. The summed E-state index contributed by atoms with van der Waals surface area (Å²) in [5.74, 6) is 0.889. The number of anilines is 1. The van der Waals surface area contributed by atoms with Crippen molar-refractivity contribution in [2.24, 2.45) is 0 Å². The first-order valence-corrected chi connectivity index (χ1v) is 8.61. The van der Waals surface area contributed by atoms with Gasteiger partial charge in [-0.25, -0.2) is 0 Å². The lowest BCUT2D eigenvalue weighted by molar-refractivity contribution is 0.287. The van der Waals surface area contributed by atoms with Gasteiger partial charge in [-0.2, -0.15) is 0 Å². The second-order valence-electron chi connectivity index (χ2n) is 6.37. The van der Waals surface area contributed by atoms with Crippen molar-refractivity contribution in [2.75, 3.05) is 11.9 Å². The molecule has 2 N–H and O–H groups in total. The van der Waals surface area contributed by atoms with Crippen LogP contribution in [0.15, 0.2) is 36.4 Å². The highest BCUT2D eigenvalue weighted by Crippen LogP contribution is 2.17. The molecule has 0 radical (unpaired) electrons. The van der Waals surface area contributed by atoms with E-state index in [2.05, 4.69) is 75.6 Å². The number of rotatable bonds is 5. The zero-order valence-electron chi connectivity index (χ0n) is 15.1. The van der Waals surface area contributed by atoms with Gasteiger partial charge in [-0.05, 0) is 81.7 Å². The molecule has 1 atom stereocenters. The van der Waals surface area contributed by atoms with Gasteiger partial charge in [0.05, 0.1) is 6.04 Å². The van der Waals surface area contributed by atoms with E-state index in [1.165, 1.54) is 22.3 Å². The van der Waals surface area contributed by atoms with Gasteiger partial charge in [0.1, 0.15) is 12.4 Å². The molecule has 0 spiro atoms. The van der Waals surface area contributed by atoms with Crippen LogP contribution in [0.5, 0.6) is 5.75 Å². The van der Waals surface area contributed by atoms with E-state index in [0.29, 0.717) is 11.7 Å². The summed E-state index contributed by atoms with van der Waals surface area (Å²) in [4.78, 5) is 0. The molecule has 2 rings (SSSR count). The number of thiocarbonyl (C=S) groups is 1. The van der Waals surface area contributed by atoms with E-state index in [9.17, 15) is 0 Å². The topological polar surface area (TPSA) is 33.3 Å². The van der Waals surface area contributed by atoms with Gasteiger partial charge < -0.3 is 15.4 Å². The highest BCUT2D eigenvalue weighted by molar-refractivity contribution is 7.80. The standard InChI is InChI=1S/C20H26N2OS/c1-13-6-9-19(16(4)10-13)22-20(24)21-17(5)12-23-18-8-7-14(2)15(3)11-18/h6-11,17H,12H2,1-5H3,(H2,21,22,24). The van der Waals surface area contributed by atoms with Crippen molar-refractivity contribution >= 4 is 23.0 Å². The van der Waals surface area contributed by atoms with Crippen LogP contribution in [0.4, 0.5) is 5.69 Å². The van der Waals surface area contributed by atoms with Gasteiger partial charge >= 0.3 is 0 Å². The second-order valence-corrected chi connectivity index (χ2v) is 6.78. The fraction of sp³-hybridized carbons (Fsp3) is 0.350. The second kappa shape index (κ2) is 8.15. The largest absolute Gasteiger partial charge is 0.491 e. The van der Waals surface area contributed by atoms with Crippen LogP contribution in [0.25, 0.3) is 0 Å². The summed E-state index contributed by atoms with van der Waals surface area (Å²) in [6.07, 6.45) is 0. The molecule has 0 saturated carbocycles. The summed E-state index contributed by atoms with van der Waals surface area (Å²) >= 11 is 5.40. The zero-order valence-corrected chi connectivity index (χ0v) is 15.9. The molecule has 128 valence electrons. The summed E-state index contributed by atoms with van der Waals surface area (Å²) in [7, 11) is 0. The smallest absolute Gasteiger partial charge is 0.171 e. The van der Waals surface area contributed by atoms with Crippen LogP contribution in [0.2, 0.25) is 0 Å². The Balaban J connectivity index is 1.83. The molecule has 2 aromatic carbocycles. The van der Waals surface area contributed by atoms with Crippen molar-refractivity contribution in [3.8, 4) is 5.75 Å². The van der Waals surface area contributed by atoms with E-state index in [-0.39, 0.29) is 6.04 Å². The third-order valence-electron chi connectivity index (χ3n) is 3.99. The van der Waals surface area contributed by atoms with Gasteiger partial charge in [-0.15, -0.1) is 0 Å². The molecule has 0 saturated heterocycles. The lowest BCUT2D eigenvalue weighted by Gasteiger charge is -2.19. The van der Waals surface area contributed by atoms with Crippen molar-refractivity contribution in [2.45, 2.75) is 40.7 Å². The molecule has 0 aliphatic carbocycles. The molecule has 0 amide bonds. The van der Waals surface area contributed by atoms with Crippen molar-refractivity contribution in [1.82, 2.24) is 5.32 Å². The summed E-state index contributed by atoms with van der Waals surface area (Å²) in [6.45, 7) is 10.9. The van der Waals surface area contributed by atoms with Crippen LogP contribution in [0.1, 0.15) is 29.2 Å². The lowest BCUT2D eigenvalue weighted by atomic mass is 10.1. The Labute approximate surface area is 150 Å². The molecule has 3 nitrogen and oxygen atoms in total. The average Bonchev–Trinajstić information content (AvgIpc) is 2.51. The monoisotopic (exact) mass is 342 g/mol. The van der Waals surface area contributed by atoms with Crippen molar-refractivity contribution in [3.05, 3.63) is 58.7 Å². The molecular weight excluding hydrogens is 316 g/mol. The predicted molar refractivity (Wildman–Crippen MR) is 106 cm³/mol. The van der Waals surface area contributed by atoms with Crippen LogP contribution in [-0.4, -0.2) is 17.8 Å². The molecule has 0 aliphatic heterocycles. The van der Waals surface area contributed by atoms with E-state index in [1.54, 1.807) is 0 Å². The molecule has 0 fully saturated rings. The van der Waals surface area contributed by atoms with Gasteiger partial charge in [0.25, 0.3) is 0 Å². The normalized spacial score (nSPS) is 11.7. The number of hydrogen-bond acceptors (Lipinski definition) is 2. The number of nitrogens with one attached hydrogen (secondary N) is 2. The number of aryl methyl sites for hydroxylation is 4. The highest BCUT2D eigenvalue weighted by Gasteiger charge is 2.07. The zero-order chi connectivity index (χ0) is 17.7. The Morgan fingerprint density at radius 3 is 2.42 bits per heavy atom. The number of hydrogen-bond donors (Lipinski definition) is 2. The maximum absolute atomic E-state index is 5.84. The van der Waals surface area contributed by atoms with Gasteiger partial charge in [0.15, 0.2) is 5.11 Å². The lowest BCUT2D eigenvalue weighted by Crippen LogP contribution is -2.39. The average molecular weight is 343 g/mol. The maximum atomic E-state index is 5.84. The summed E-state index contributed by atoms with van der Waals surface area (Å²) in [6, 6.07) is 12.5. The Morgan fingerprint density at radius 1 is 1.00 bits per heavy atom. The highest BCUT2D eigenvalue weighted by atomic mass is 32.1. The van der Waals surface area contributed by atoms with Gasteiger partial charge in [0, 0.05) is 5.69 Å². The molecule has 0 aliphatic rings. The SMILES string of the molecule is Cc1ccc(NC(=S)NC(C)COc2ccc(C)c(C)c2)c(C)c1. The molecule has 1 unspecified atom stereocenters. The van der Waals surface area contributed by atoms with E-state index in [4.69, 9.17) is 17.0 Å². The van der Waals surface area contributed by atoms with Crippen LogP contribution >= 0.6 is 12.2 Å². The molecule has 4 heteroatoms.